The Balaban J connectivity index is 1.20. The molecule has 5 heterocycles. The average molecular weight is 502 g/mol. The molecule has 2 N–H and O–H groups in total. The molecule has 11 heteroatoms. The molecule has 0 unspecified atom stereocenters. The molecule has 4 aromatic heterocycles. The number of rotatable bonds is 5. The van der Waals surface area contributed by atoms with Crippen molar-refractivity contribution in [3.05, 3.63) is 84.6 Å². The first-order valence-electron chi connectivity index (χ1n) is 13.3. The number of piperazine rings is 1. The van der Waals surface area contributed by atoms with E-state index in [2.05, 4.69) is 36.1 Å². The largest absolute Gasteiger partial charge is 0.351 e. The molecule has 0 bridgehead atoms. The summed E-state index contributed by atoms with van der Waals surface area (Å²) in [5.41, 5.74) is 7.97. The number of fused-ring (bicyclic) bond motifs is 1. The SMILES string of the molecule is [2H]C([2H])([2H])[C@@](N)(c1ccc(F)cc1)c1cnc(N2CCN(c3ncnn4cc(-c5cnn(C)c5)cc34)CC2)nc1. The maximum absolute atomic E-state index is 13.5. The lowest BCUT2D eigenvalue weighted by molar-refractivity contribution is 0.585. The highest BCUT2D eigenvalue weighted by molar-refractivity contribution is 5.77. The van der Waals surface area contributed by atoms with Crippen LogP contribution in [0.25, 0.3) is 16.6 Å². The van der Waals surface area contributed by atoms with Gasteiger partial charge in [-0.15, -0.1) is 0 Å². The Morgan fingerprint density at radius 1 is 0.892 bits per heavy atom. The summed E-state index contributed by atoms with van der Waals surface area (Å²) in [6, 6.07) is 7.20. The first kappa shape index (κ1) is 19.8. The molecule has 1 atom stereocenters. The molecule has 10 nitrogen and oxygen atoms in total. The van der Waals surface area contributed by atoms with E-state index in [9.17, 15) is 4.39 Å². The number of benzene rings is 1. The first-order chi connectivity index (χ1) is 19.1. The molecule has 0 radical (unpaired) electrons. The van der Waals surface area contributed by atoms with Gasteiger partial charge >= 0.3 is 0 Å². The molecule has 1 aliphatic heterocycles. The fourth-order valence-corrected chi connectivity index (χ4v) is 4.57. The third kappa shape index (κ3) is 4.27. The number of aryl methyl sites for hydroxylation is 1. The molecule has 1 aromatic carbocycles. The lowest BCUT2D eigenvalue weighted by Crippen LogP contribution is -2.47. The van der Waals surface area contributed by atoms with E-state index in [1.54, 1.807) is 11.0 Å². The number of hydrogen-bond donors (Lipinski definition) is 1. The zero-order chi connectivity index (χ0) is 28.1. The summed E-state index contributed by atoms with van der Waals surface area (Å²) in [4.78, 5) is 17.7. The van der Waals surface area contributed by atoms with Gasteiger partial charge in [0.15, 0.2) is 5.82 Å². The molecule has 37 heavy (non-hydrogen) atoms. The molecule has 0 aliphatic carbocycles. The normalized spacial score (nSPS) is 17.3. The second-order valence-corrected chi connectivity index (χ2v) is 9.11. The van der Waals surface area contributed by atoms with Gasteiger partial charge in [0.1, 0.15) is 17.7 Å². The van der Waals surface area contributed by atoms with Crippen LogP contribution in [0.5, 0.6) is 0 Å². The second-order valence-electron chi connectivity index (χ2n) is 9.11. The second kappa shape index (κ2) is 8.93. The molecule has 1 aliphatic rings. The van der Waals surface area contributed by atoms with E-state index in [1.165, 1.54) is 36.7 Å². The van der Waals surface area contributed by atoms with Crippen LogP contribution in [-0.2, 0) is 12.6 Å². The maximum atomic E-state index is 13.5. The van der Waals surface area contributed by atoms with Crippen molar-refractivity contribution in [1.29, 1.82) is 0 Å². The van der Waals surface area contributed by atoms with Crippen molar-refractivity contribution in [3.63, 3.8) is 0 Å². The third-order valence-electron chi connectivity index (χ3n) is 6.68. The van der Waals surface area contributed by atoms with Gasteiger partial charge in [0.2, 0.25) is 5.95 Å². The molecule has 5 aromatic rings. The Bertz CT molecular complexity index is 1640. The number of nitrogens with two attached hydrogens (primary N) is 1. The summed E-state index contributed by atoms with van der Waals surface area (Å²) in [5.74, 6) is 0.840. The zero-order valence-electron chi connectivity index (χ0n) is 23.2. The highest BCUT2D eigenvalue weighted by atomic mass is 19.1. The van der Waals surface area contributed by atoms with Crippen LogP contribution in [0.2, 0.25) is 0 Å². The van der Waals surface area contributed by atoms with Gasteiger partial charge in [0, 0.05) is 78.8 Å². The Morgan fingerprint density at radius 2 is 1.62 bits per heavy atom. The fraction of sp³-hybridized carbons (Fsp3) is 0.269. The minimum atomic E-state index is -2.61. The van der Waals surface area contributed by atoms with Crippen LogP contribution in [-0.4, -0.2) is 60.5 Å². The minimum absolute atomic E-state index is 0.225. The van der Waals surface area contributed by atoms with Gasteiger partial charge < -0.3 is 15.5 Å². The van der Waals surface area contributed by atoms with Crippen LogP contribution >= 0.6 is 0 Å². The molecule has 1 saturated heterocycles. The van der Waals surface area contributed by atoms with E-state index in [-0.39, 0.29) is 11.1 Å². The summed E-state index contributed by atoms with van der Waals surface area (Å²) < 4.78 is 41.4. The fourth-order valence-electron chi connectivity index (χ4n) is 4.57. The van der Waals surface area contributed by atoms with Crippen LogP contribution in [0.1, 0.15) is 22.1 Å². The molecule has 0 saturated carbocycles. The number of anilines is 2. The lowest BCUT2D eigenvalue weighted by atomic mass is 9.87. The monoisotopic (exact) mass is 501 g/mol. The predicted molar refractivity (Wildman–Crippen MR) is 139 cm³/mol. The Morgan fingerprint density at radius 3 is 2.30 bits per heavy atom. The van der Waals surface area contributed by atoms with E-state index >= 15 is 0 Å². The molecule has 0 amide bonds. The summed E-state index contributed by atoms with van der Waals surface area (Å²) in [6.45, 7) is 0.0149. The van der Waals surface area contributed by atoms with Gasteiger partial charge in [-0.1, -0.05) is 12.1 Å². The van der Waals surface area contributed by atoms with E-state index < -0.39 is 18.2 Å². The van der Waals surface area contributed by atoms with Crippen LogP contribution in [0, 0.1) is 5.82 Å². The van der Waals surface area contributed by atoms with Crippen molar-refractivity contribution in [1.82, 2.24) is 34.3 Å². The first-order valence-corrected chi connectivity index (χ1v) is 11.8. The quantitative estimate of drug-likeness (QED) is 0.392. The van der Waals surface area contributed by atoms with Gasteiger partial charge in [0.25, 0.3) is 0 Å². The van der Waals surface area contributed by atoms with Crippen LogP contribution < -0.4 is 15.5 Å². The topological polar surface area (TPSA) is 106 Å². The third-order valence-corrected chi connectivity index (χ3v) is 6.68. The standard InChI is InChI=1S/C26H27FN10/c1-26(28,20-3-5-22(27)6-4-20)21-13-29-25(30-14-21)36-9-7-35(8-10-36)24-23-11-18(16-37(23)33-17-31-24)19-12-32-34(2)15-19/h3-6,11-17H,7-10,28H2,1-2H3/t26-/m1/s1/i1D3. The lowest BCUT2D eigenvalue weighted by Gasteiger charge is -2.35. The van der Waals surface area contributed by atoms with Gasteiger partial charge in [-0.3, -0.25) is 4.68 Å². The van der Waals surface area contributed by atoms with E-state index in [4.69, 9.17) is 9.85 Å². The van der Waals surface area contributed by atoms with Crippen molar-refractivity contribution in [2.45, 2.75) is 12.4 Å². The minimum Gasteiger partial charge on any atom is -0.351 e. The van der Waals surface area contributed by atoms with Crippen molar-refractivity contribution < 1.29 is 8.50 Å². The summed E-state index contributed by atoms with van der Waals surface area (Å²) in [7, 11) is 1.88. The van der Waals surface area contributed by atoms with Gasteiger partial charge in [-0.25, -0.2) is 23.9 Å². The Kier molecular flexibility index (Phi) is 4.77. The van der Waals surface area contributed by atoms with Crippen LogP contribution in [0.4, 0.5) is 16.2 Å². The smallest absolute Gasteiger partial charge is 0.225 e. The number of hydrogen-bond acceptors (Lipinski definition) is 8. The van der Waals surface area contributed by atoms with Crippen LogP contribution in [0.3, 0.4) is 0 Å². The van der Waals surface area contributed by atoms with Gasteiger partial charge in [-0.2, -0.15) is 10.2 Å². The van der Waals surface area contributed by atoms with Gasteiger partial charge in [0.05, 0.1) is 11.7 Å². The van der Waals surface area contributed by atoms with Crippen molar-refractivity contribution >= 4 is 17.3 Å². The van der Waals surface area contributed by atoms with Crippen molar-refractivity contribution in [2.75, 3.05) is 36.0 Å². The van der Waals surface area contributed by atoms with Crippen LogP contribution in [0.15, 0.2) is 67.6 Å². The molecular weight excluding hydrogens is 471 g/mol. The Hall–Kier alpha value is -4.38. The number of aromatic nitrogens is 7. The average Bonchev–Trinajstić information content (AvgIpc) is 3.59. The van der Waals surface area contributed by atoms with Crippen molar-refractivity contribution in [3.8, 4) is 11.1 Å². The summed E-state index contributed by atoms with van der Waals surface area (Å²) in [6.07, 6.45) is 10.2. The zero-order valence-corrected chi connectivity index (χ0v) is 20.2. The van der Waals surface area contributed by atoms with E-state index in [0.717, 1.165) is 22.5 Å². The highest BCUT2D eigenvalue weighted by Crippen LogP contribution is 2.29. The predicted octanol–water partition coefficient (Wildman–Crippen LogP) is 2.61. The van der Waals surface area contributed by atoms with E-state index in [1.807, 2.05) is 35.1 Å². The van der Waals surface area contributed by atoms with Gasteiger partial charge in [-0.05, 0) is 30.6 Å². The van der Waals surface area contributed by atoms with Crippen molar-refractivity contribution in [2.24, 2.45) is 12.8 Å². The Labute approximate surface area is 217 Å². The molecule has 0 spiro atoms. The maximum Gasteiger partial charge on any atom is 0.225 e. The number of nitrogens with zero attached hydrogens (tertiary/aromatic N) is 9. The molecular formula is C26H27FN10. The molecule has 1 fully saturated rings. The molecule has 6 rings (SSSR count). The number of halogens is 1. The van der Waals surface area contributed by atoms with E-state index in [0.29, 0.717) is 32.1 Å². The summed E-state index contributed by atoms with van der Waals surface area (Å²) in [5, 5.41) is 8.63. The highest BCUT2D eigenvalue weighted by Gasteiger charge is 2.26. The molecule has 188 valence electrons. The summed E-state index contributed by atoms with van der Waals surface area (Å²) >= 11 is 0.